The number of nitrogens with one attached hydrogen (secondary N) is 1. The lowest BCUT2D eigenvalue weighted by molar-refractivity contribution is -0.117. The number of aliphatic hydroxyl groups is 1. The average Bonchev–Trinajstić information content (AvgIpc) is 2.35. The molecule has 0 aromatic heterocycles. The molecule has 0 saturated heterocycles. The number of anilines is 1. The van der Waals surface area contributed by atoms with E-state index >= 15 is 0 Å². The molecule has 0 saturated carbocycles. The average molecular weight is 238 g/mol. The molecule has 5 nitrogen and oxygen atoms in total. The zero-order valence-electron chi connectivity index (χ0n) is 9.69. The second-order valence-electron chi connectivity index (χ2n) is 3.54. The van der Waals surface area contributed by atoms with E-state index in [1.54, 1.807) is 0 Å². The van der Waals surface area contributed by atoms with Crippen molar-refractivity contribution in [3.63, 3.8) is 0 Å². The third kappa shape index (κ3) is 5.44. The molecule has 1 amide bonds. The molecule has 1 aromatic carbocycles. The molecule has 1 rings (SSSR count). The van der Waals surface area contributed by atoms with Gasteiger partial charge in [0, 0.05) is 12.2 Å². The largest absolute Gasteiger partial charge is 0.394 e. The number of nitrogens with two attached hydrogens (primary N) is 1. The van der Waals surface area contributed by atoms with E-state index < -0.39 is 0 Å². The number of ether oxygens (including phenoxy) is 1. The molecule has 0 fully saturated rings. The van der Waals surface area contributed by atoms with E-state index in [9.17, 15) is 4.79 Å². The van der Waals surface area contributed by atoms with Crippen LogP contribution in [0.2, 0.25) is 0 Å². The first-order valence-corrected chi connectivity index (χ1v) is 5.53. The molecular formula is C12H18N2O3. The summed E-state index contributed by atoms with van der Waals surface area (Å²) in [4.78, 5) is 11.5. The van der Waals surface area contributed by atoms with E-state index in [4.69, 9.17) is 15.6 Å². The van der Waals surface area contributed by atoms with Crippen LogP contribution in [-0.2, 0) is 16.1 Å². The minimum absolute atomic E-state index is 0.0276. The van der Waals surface area contributed by atoms with Crippen LogP contribution in [0.5, 0.6) is 0 Å². The Balaban J connectivity index is 2.34. The van der Waals surface area contributed by atoms with Gasteiger partial charge < -0.3 is 20.9 Å². The maximum atomic E-state index is 11.5. The molecule has 0 unspecified atom stereocenters. The summed E-state index contributed by atoms with van der Waals surface area (Å²) in [5.74, 6) is -0.114. The SMILES string of the molecule is NCc1cccc(NC(=O)CCOCCO)c1. The molecule has 0 radical (unpaired) electrons. The number of aliphatic hydroxyl groups excluding tert-OH is 1. The van der Waals surface area contributed by atoms with Crippen LogP contribution in [0.15, 0.2) is 24.3 Å². The molecule has 5 heteroatoms. The minimum atomic E-state index is -0.114. The van der Waals surface area contributed by atoms with E-state index in [1.807, 2.05) is 24.3 Å². The highest BCUT2D eigenvalue weighted by Gasteiger charge is 2.02. The lowest BCUT2D eigenvalue weighted by Crippen LogP contribution is -2.15. The third-order valence-corrected chi connectivity index (χ3v) is 2.16. The Hall–Kier alpha value is -1.43. The zero-order valence-corrected chi connectivity index (χ0v) is 9.69. The molecule has 0 bridgehead atoms. The van der Waals surface area contributed by atoms with Gasteiger partial charge in [0.2, 0.25) is 5.91 Å². The molecule has 1 aromatic rings. The van der Waals surface area contributed by atoms with Gasteiger partial charge in [-0.15, -0.1) is 0 Å². The lowest BCUT2D eigenvalue weighted by atomic mass is 10.2. The molecular weight excluding hydrogens is 220 g/mol. The van der Waals surface area contributed by atoms with Crippen LogP contribution in [0.4, 0.5) is 5.69 Å². The monoisotopic (exact) mass is 238 g/mol. The molecule has 4 N–H and O–H groups in total. The van der Waals surface area contributed by atoms with Crippen LogP contribution in [0.3, 0.4) is 0 Å². The number of carbonyl (C=O) groups excluding carboxylic acids is 1. The molecule has 0 spiro atoms. The Morgan fingerprint density at radius 3 is 2.94 bits per heavy atom. The normalized spacial score (nSPS) is 10.2. The summed E-state index contributed by atoms with van der Waals surface area (Å²) in [6, 6.07) is 7.40. The number of carbonyl (C=O) groups is 1. The number of hydrogen-bond acceptors (Lipinski definition) is 4. The molecule has 94 valence electrons. The smallest absolute Gasteiger partial charge is 0.226 e. The molecule has 0 atom stereocenters. The topological polar surface area (TPSA) is 84.6 Å². The number of benzene rings is 1. The highest BCUT2D eigenvalue weighted by molar-refractivity contribution is 5.90. The summed E-state index contributed by atoms with van der Waals surface area (Å²) >= 11 is 0. The first-order valence-electron chi connectivity index (χ1n) is 5.53. The van der Waals surface area contributed by atoms with Gasteiger partial charge in [0.15, 0.2) is 0 Å². The van der Waals surface area contributed by atoms with Crippen molar-refractivity contribution in [2.24, 2.45) is 5.73 Å². The fraction of sp³-hybridized carbons (Fsp3) is 0.417. The van der Waals surface area contributed by atoms with Crippen molar-refractivity contribution >= 4 is 11.6 Å². The van der Waals surface area contributed by atoms with E-state index in [2.05, 4.69) is 5.32 Å². The van der Waals surface area contributed by atoms with Gasteiger partial charge >= 0.3 is 0 Å². The third-order valence-electron chi connectivity index (χ3n) is 2.16. The van der Waals surface area contributed by atoms with Crippen molar-refractivity contribution in [1.29, 1.82) is 0 Å². The van der Waals surface area contributed by atoms with Gasteiger partial charge in [-0.05, 0) is 17.7 Å². The van der Waals surface area contributed by atoms with Gasteiger partial charge in [-0.25, -0.2) is 0 Å². The number of rotatable bonds is 7. The number of hydrogen-bond donors (Lipinski definition) is 3. The molecule has 0 aliphatic heterocycles. The first-order chi connectivity index (χ1) is 8.26. The molecule has 0 aliphatic carbocycles. The molecule has 0 aliphatic rings. The van der Waals surface area contributed by atoms with E-state index in [1.165, 1.54) is 0 Å². The van der Waals surface area contributed by atoms with Crippen molar-refractivity contribution in [2.45, 2.75) is 13.0 Å². The van der Waals surface area contributed by atoms with Gasteiger partial charge in [-0.3, -0.25) is 4.79 Å². The second kappa shape index (κ2) is 7.78. The van der Waals surface area contributed by atoms with Gasteiger partial charge in [0.05, 0.1) is 26.2 Å². The standard InChI is InChI=1S/C12H18N2O3/c13-9-10-2-1-3-11(8-10)14-12(16)4-6-17-7-5-15/h1-3,8,15H,4-7,9,13H2,(H,14,16). The minimum Gasteiger partial charge on any atom is -0.394 e. The second-order valence-corrected chi connectivity index (χ2v) is 3.54. The fourth-order valence-corrected chi connectivity index (χ4v) is 1.33. The summed E-state index contributed by atoms with van der Waals surface area (Å²) in [6.45, 7) is 0.988. The van der Waals surface area contributed by atoms with Crippen LogP contribution >= 0.6 is 0 Å². The molecule has 0 heterocycles. The van der Waals surface area contributed by atoms with Crippen LogP contribution < -0.4 is 11.1 Å². The van der Waals surface area contributed by atoms with E-state index in [0.717, 1.165) is 11.3 Å². The lowest BCUT2D eigenvalue weighted by Gasteiger charge is -2.06. The van der Waals surface area contributed by atoms with Crippen LogP contribution in [0, 0.1) is 0 Å². The van der Waals surface area contributed by atoms with Crippen molar-refractivity contribution < 1.29 is 14.6 Å². The van der Waals surface area contributed by atoms with Crippen LogP contribution in [0.25, 0.3) is 0 Å². The summed E-state index contributed by atoms with van der Waals surface area (Å²) in [7, 11) is 0. The predicted octanol–water partition coefficient (Wildman–Crippen LogP) is 0.483. The maximum Gasteiger partial charge on any atom is 0.226 e. The Morgan fingerprint density at radius 1 is 1.41 bits per heavy atom. The zero-order chi connectivity index (χ0) is 12.5. The van der Waals surface area contributed by atoms with Crippen molar-refractivity contribution in [3.8, 4) is 0 Å². The Morgan fingerprint density at radius 2 is 2.24 bits per heavy atom. The predicted molar refractivity (Wildman–Crippen MR) is 65.5 cm³/mol. The number of amides is 1. The summed E-state index contributed by atoms with van der Waals surface area (Å²) in [6.07, 6.45) is 0.271. The van der Waals surface area contributed by atoms with Gasteiger partial charge in [0.25, 0.3) is 0 Å². The van der Waals surface area contributed by atoms with Crippen LogP contribution in [0.1, 0.15) is 12.0 Å². The van der Waals surface area contributed by atoms with Crippen molar-refractivity contribution in [1.82, 2.24) is 0 Å². The quantitative estimate of drug-likeness (QED) is 0.603. The Bertz CT molecular complexity index is 355. The van der Waals surface area contributed by atoms with Crippen molar-refractivity contribution in [3.05, 3.63) is 29.8 Å². The van der Waals surface area contributed by atoms with Gasteiger partial charge in [-0.1, -0.05) is 12.1 Å². The summed E-state index contributed by atoms with van der Waals surface area (Å²) < 4.78 is 5.01. The Kier molecular flexibility index (Phi) is 6.24. The fourth-order valence-electron chi connectivity index (χ4n) is 1.33. The Labute approximate surface area is 101 Å². The summed E-state index contributed by atoms with van der Waals surface area (Å²) in [5.41, 5.74) is 7.21. The van der Waals surface area contributed by atoms with Gasteiger partial charge in [-0.2, -0.15) is 0 Å². The van der Waals surface area contributed by atoms with Crippen LogP contribution in [-0.4, -0.2) is 30.8 Å². The maximum absolute atomic E-state index is 11.5. The summed E-state index contributed by atoms with van der Waals surface area (Å²) in [5, 5.41) is 11.2. The van der Waals surface area contributed by atoms with E-state index in [0.29, 0.717) is 13.2 Å². The van der Waals surface area contributed by atoms with Gasteiger partial charge in [0.1, 0.15) is 0 Å². The highest BCUT2D eigenvalue weighted by Crippen LogP contribution is 2.10. The first kappa shape index (κ1) is 13.6. The highest BCUT2D eigenvalue weighted by atomic mass is 16.5. The van der Waals surface area contributed by atoms with Crippen molar-refractivity contribution in [2.75, 3.05) is 25.1 Å². The molecule has 17 heavy (non-hydrogen) atoms. The van der Waals surface area contributed by atoms with E-state index in [-0.39, 0.29) is 25.5 Å².